The van der Waals surface area contributed by atoms with E-state index in [9.17, 15) is 18.0 Å². The first kappa shape index (κ1) is 20.8. The lowest BCUT2D eigenvalue weighted by Gasteiger charge is -2.31. The van der Waals surface area contributed by atoms with Gasteiger partial charge in [-0.2, -0.15) is 13.2 Å². The molecule has 0 aliphatic carbocycles. The van der Waals surface area contributed by atoms with E-state index in [1.165, 1.54) is 23.5 Å². The topological polar surface area (TPSA) is 45.2 Å². The maximum absolute atomic E-state index is 12.7. The molecule has 1 saturated heterocycles. The van der Waals surface area contributed by atoms with Crippen LogP contribution in [0.25, 0.3) is 10.6 Å². The molecule has 1 N–H and O–H groups in total. The predicted octanol–water partition coefficient (Wildman–Crippen LogP) is 4.57. The zero-order chi connectivity index (χ0) is 20.3. The summed E-state index contributed by atoms with van der Waals surface area (Å²) in [5, 5.41) is 5.64. The molecule has 3 rings (SSSR count). The van der Waals surface area contributed by atoms with Crippen molar-refractivity contribution in [1.29, 1.82) is 0 Å². The lowest BCUT2D eigenvalue weighted by molar-refractivity contribution is -0.137. The van der Waals surface area contributed by atoms with Crippen molar-refractivity contribution in [3.63, 3.8) is 0 Å². The number of aromatic nitrogens is 1. The van der Waals surface area contributed by atoms with E-state index in [-0.39, 0.29) is 17.9 Å². The number of nitrogens with one attached hydrogen (secondary N) is 1. The van der Waals surface area contributed by atoms with Gasteiger partial charge in [0.05, 0.1) is 11.3 Å². The molecular formula is C20H24F3N3OS. The number of carbonyl (C=O) groups is 1. The number of nitrogens with zero attached hydrogens (tertiary/aromatic N) is 2. The molecule has 1 aliphatic rings. The zero-order valence-electron chi connectivity index (χ0n) is 15.9. The molecule has 0 unspecified atom stereocenters. The number of thiazole rings is 1. The molecule has 8 heteroatoms. The van der Waals surface area contributed by atoms with Crippen LogP contribution in [0.15, 0.2) is 29.6 Å². The Morgan fingerprint density at radius 2 is 1.89 bits per heavy atom. The minimum Gasteiger partial charge on any atom is -0.354 e. The summed E-state index contributed by atoms with van der Waals surface area (Å²) in [6.45, 7) is 6.29. The molecule has 1 aliphatic heterocycles. The van der Waals surface area contributed by atoms with Crippen LogP contribution >= 0.6 is 11.3 Å². The molecule has 28 heavy (non-hydrogen) atoms. The standard InChI is InChI=1S/C20H24F3N3OS/c1-13(2)24-18(27)14-7-9-26(10-8-14)11-17-12-28-19(25-17)15-3-5-16(6-4-15)20(21,22)23/h3-6,12-14H,7-11H2,1-2H3,(H,24,27). The van der Waals surface area contributed by atoms with Gasteiger partial charge in [0.1, 0.15) is 5.01 Å². The highest BCUT2D eigenvalue weighted by molar-refractivity contribution is 7.13. The van der Waals surface area contributed by atoms with Crippen molar-refractivity contribution in [2.24, 2.45) is 5.92 Å². The van der Waals surface area contributed by atoms with Crippen molar-refractivity contribution in [2.75, 3.05) is 13.1 Å². The number of halogens is 3. The van der Waals surface area contributed by atoms with Gasteiger partial charge in [0.15, 0.2) is 0 Å². The summed E-state index contributed by atoms with van der Waals surface area (Å²) in [7, 11) is 0. The molecule has 152 valence electrons. The van der Waals surface area contributed by atoms with Gasteiger partial charge >= 0.3 is 6.18 Å². The van der Waals surface area contributed by atoms with Crippen LogP contribution < -0.4 is 5.32 Å². The number of carbonyl (C=O) groups excluding carboxylic acids is 1. The van der Waals surface area contributed by atoms with Gasteiger partial charge in [0.25, 0.3) is 0 Å². The van der Waals surface area contributed by atoms with Crippen LogP contribution in [-0.4, -0.2) is 34.9 Å². The molecular weight excluding hydrogens is 387 g/mol. The summed E-state index contributed by atoms with van der Waals surface area (Å²) < 4.78 is 38.0. The molecule has 0 radical (unpaired) electrons. The van der Waals surface area contributed by atoms with Crippen molar-refractivity contribution in [1.82, 2.24) is 15.2 Å². The molecule has 1 amide bonds. The van der Waals surface area contributed by atoms with E-state index in [1.54, 1.807) is 0 Å². The fraction of sp³-hybridized carbons (Fsp3) is 0.500. The van der Waals surface area contributed by atoms with Crippen LogP contribution in [-0.2, 0) is 17.5 Å². The van der Waals surface area contributed by atoms with Crippen LogP contribution in [0.5, 0.6) is 0 Å². The number of hydrogen-bond acceptors (Lipinski definition) is 4. The van der Waals surface area contributed by atoms with Crippen LogP contribution in [0.2, 0.25) is 0 Å². The Morgan fingerprint density at radius 3 is 2.46 bits per heavy atom. The van der Waals surface area contributed by atoms with E-state index in [4.69, 9.17) is 0 Å². The monoisotopic (exact) mass is 411 g/mol. The van der Waals surface area contributed by atoms with Crippen LogP contribution in [0, 0.1) is 5.92 Å². The Bertz CT molecular complexity index is 794. The van der Waals surface area contributed by atoms with Crippen molar-refractivity contribution < 1.29 is 18.0 Å². The summed E-state index contributed by atoms with van der Waals surface area (Å²) in [6.07, 6.45) is -2.67. The Morgan fingerprint density at radius 1 is 1.25 bits per heavy atom. The third kappa shape index (κ3) is 5.32. The molecule has 2 heterocycles. The smallest absolute Gasteiger partial charge is 0.354 e. The van der Waals surface area contributed by atoms with Gasteiger partial charge in [-0.15, -0.1) is 11.3 Å². The van der Waals surface area contributed by atoms with Gasteiger partial charge in [-0.05, 0) is 51.9 Å². The first-order valence-electron chi connectivity index (χ1n) is 9.37. The normalized spacial score (nSPS) is 16.5. The summed E-state index contributed by atoms with van der Waals surface area (Å²) in [6, 6.07) is 5.26. The largest absolute Gasteiger partial charge is 0.416 e. The SMILES string of the molecule is CC(C)NC(=O)C1CCN(Cc2csc(-c3ccc(C(F)(F)F)cc3)n2)CC1. The van der Waals surface area contributed by atoms with E-state index in [0.29, 0.717) is 12.1 Å². The number of alkyl halides is 3. The van der Waals surface area contributed by atoms with E-state index < -0.39 is 11.7 Å². The van der Waals surface area contributed by atoms with E-state index in [2.05, 4.69) is 15.2 Å². The zero-order valence-corrected chi connectivity index (χ0v) is 16.7. The summed E-state index contributed by atoms with van der Waals surface area (Å²) in [4.78, 5) is 19.0. The van der Waals surface area contributed by atoms with Gasteiger partial charge in [-0.3, -0.25) is 9.69 Å². The number of likely N-dealkylation sites (tertiary alicyclic amines) is 1. The Balaban J connectivity index is 1.55. The lowest BCUT2D eigenvalue weighted by atomic mass is 9.95. The highest BCUT2D eigenvalue weighted by Gasteiger charge is 2.30. The second-order valence-corrected chi connectivity index (χ2v) is 8.29. The first-order valence-corrected chi connectivity index (χ1v) is 10.2. The lowest BCUT2D eigenvalue weighted by Crippen LogP contribution is -2.42. The first-order chi connectivity index (χ1) is 13.2. The van der Waals surface area contributed by atoms with E-state index in [1.807, 2.05) is 19.2 Å². The molecule has 1 aromatic heterocycles. The van der Waals surface area contributed by atoms with Crippen LogP contribution in [0.1, 0.15) is 37.9 Å². The van der Waals surface area contributed by atoms with Crippen LogP contribution in [0.4, 0.5) is 13.2 Å². The van der Waals surface area contributed by atoms with Gasteiger partial charge in [0, 0.05) is 29.4 Å². The molecule has 2 aromatic rings. The van der Waals surface area contributed by atoms with Crippen molar-refractivity contribution in [3.8, 4) is 10.6 Å². The van der Waals surface area contributed by atoms with Crippen LogP contribution in [0.3, 0.4) is 0 Å². The highest BCUT2D eigenvalue weighted by Crippen LogP contribution is 2.32. The predicted molar refractivity (Wildman–Crippen MR) is 104 cm³/mol. The van der Waals surface area contributed by atoms with Crippen molar-refractivity contribution in [3.05, 3.63) is 40.9 Å². The Hall–Kier alpha value is -1.93. The average molecular weight is 411 g/mol. The minimum atomic E-state index is -4.33. The highest BCUT2D eigenvalue weighted by atomic mass is 32.1. The number of benzene rings is 1. The molecule has 0 bridgehead atoms. The fourth-order valence-corrected chi connectivity index (χ4v) is 4.12. The second-order valence-electron chi connectivity index (χ2n) is 7.43. The van der Waals surface area contributed by atoms with Crippen molar-refractivity contribution in [2.45, 2.75) is 45.5 Å². The van der Waals surface area contributed by atoms with Gasteiger partial charge < -0.3 is 5.32 Å². The Kier molecular flexibility index (Phi) is 6.40. The maximum Gasteiger partial charge on any atom is 0.416 e. The average Bonchev–Trinajstić information content (AvgIpc) is 3.09. The molecule has 0 spiro atoms. The third-order valence-electron chi connectivity index (χ3n) is 4.79. The van der Waals surface area contributed by atoms with E-state index in [0.717, 1.165) is 48.8 Å². The van der Waals surface area contributed by atoms with Gasteiger partial charge in [-0.25, -0.2) is 4.98 Å². The van der Waals surface area contributed by atoms with Gasteiger partial charge in [-0.1, -0.05) is 12.1 Å². The molecule has 0 atom stereocenters. The quantitative estimate of drug-likeness (QED) is 0.784. The number of piperidine rings is 1. The van der Waals surface area contributed by atoms with Gasteiger partial charge in [0.2, 0.25) is 5.91 Å². The van der Waals surface area contributed by atoms with Crippen molar-refractivity contribution >= 4 is 17.2 Å². The second kappa shape index (κ2) is 8.61. The number of hydrogen-bond donors (Lipinski definition) is 1. The summed E-state index contributed by atoms with van der Waals surface area (Å²) in [5.74, 6) is 0.199. The molecule has 1 aromatic carbocycles. The minimum absolute atomic E-state index is 0.0665. The number of amides is 1. The maximum atomic E-state index is 12.7. The fourth-order valence-electron chi connectivity index (χ4n) is 3.30. The summed E-state index contributed by atoms with van der Waals surface area (Å²) in [5.41, 5.74) is 0.940. The molecule has 0 saturated carbocycles. The molecule has 4 nitrogen and oxygen atoms in total. The number of rotatable bonds is 5. The third-order valence-corrected chi connectivity index (χ3v) is 5.73. The summed E-state index contributed by atoms with van der Waals surface area (Å²) >= 11 is 1.43. The Labute approximate surface area is 166 Å². The molecule has 1 fully saturated rings. The van der Waals surface area contributed by atoms with E-state index >= 15 is 0 Å².